The minimum atomic E-state index is -3.94. The van der Waals surface area contributed by atoms with Gasteiger partial charge in [0.15, 0.2) is 10.8 Å². The summed E-state index contributed by atoms with van der Waals surface area (Å²) in [7, 11) is -3.94. The number of imidazole rings is 1. The number of carbonyl (C=O) groups is 3. The van der Waals surface area contributed by atoms with Crippen LogP contribution in [0.3, 0.4) is 0 Å². The summed E-state index contributed by atoms with van der Waals surface area (Å²) < 4.78 is 27.0. The van der Waals surface area contributed by atoms with E-state index < -0.39 is 39.7 Å². The monoisotopic (exact) mass is 526 g/mol. The molecule has 37 heavy (non-hydrogen) atoms. The lowest BCUT2D eigenvalue weighted by molar-refractivity contribution is -0.129. The summed E-state index contributed by atoms with van der Waals surface area (Å²) >= 11 is 0. The standard InChI is InChI=1S/C25H30N6O5S/c1-16(2)12-21(30-24(33)17-8-9-18-20(13-17)28-15-27-18)25(34)29-19-6-5-11-31(14-22(19)32)37(35,36)23-7-3-4-10-26-23/h3-4,7-10,13,15-16,19,21H,5-6,11-12,14H2,1-2H3,(H,27,28)(H,29,34)(H,30,33)/t19?,21-/m0/s1. The van der Waals surface area contributed by atoms with E-state index in [9.17, 15) is 22.8 Å². The molecule has 3 aromatic rings. The Labute approximate surface area is 215 Å². The summed E-state index contributed by atoms with van der Waals surface area (Å²) in [6.45, 7) is 3.63. The number of rotatable bonds is 8. The molecule has 0 aliphatic carbocycles. The summed E-state index contributed by atoms with van der Waals surface area (Å²) in [6.07, 6.45) is 3.95. The minimum absolute atomic E-state index is 0.0926. The number of ketones is 1. The highest BCUT2D eigenvalue weighted by atomic mass is 32.2. The summed E-state index contributed by atoms with van der Waals surface area (Å²) in [6, 6.07) is 7.85. The Morgan fingerprint density at radius 1 is 1.19 bits per heavy atom. The average Bonchev–Trinajstić information content (AvgIpc) is 3.27. The largest absolute Gasteiger partial charge is 0.345 e. The smallest absolute Gasteiger partial charge is 0.260 e. The highest BCUT2D eigenvalue weighted by molar-refractivity contribution is 7.89. The lowest BCUT2D eigenvalue weighted by atomic mass is 10.0. The number of pyridine rings is 1. The number of amides is 2. The van der Waals surface area contributed by atoms with Gasteiger partial charge in [-0.2, -0.15) is 4.31 Å². The molecule has 0 spiro atoms. The molecule has 1 aromatic carbocycles. The number of carbonyl (C=O) groups excluding carboxylic acids is 3. The number of aromatic nitrogens is 3. The van der Waals surface area contributed by atoms with Crippen molar-refractivity contribution in [3.8, 4) is 0 Å². The number of nitrogens with one attached hydrogen (secondary N) is 3. The van der Waals surface area contributed by atoms with Crippen molar-refractivity contribution in [2.75, 3.05) is 13.1 Å². The minimum Gasteiger partial charge on any atom is -0.345 e. The molecule has 1 unspecified atom stereocenters. The molecule has 2 atom stereocenters. The highest BCUT2D eigenvalue weighted by Crippen LogP contribution is 2.18. The van der Waals surface area contributed by atoms with Crippen molar-refractivity contribution in [1.29, 1.82) is 0 Å². The maximum Gasteiger partial charge on any atom is 0.260 e. The van der Waals surface area contributed by atoms with Gasteiger partial charge < -0.3 is 15.6 Å². The van der Waals surface area contributed by atoms with E-state index in [4.69, 9.17) is 0 Å². The molecular weight excluding hydrogens is 496 g/mol. The maximum absolute atomic E-state index is 13.2. The summed E-state index contributed by atoms with van der Waals surface area (Å²) in [5, 5.41) is 5.41. The second-order valence-electron chi connectivity index (χ2n) is 9.47. The quantitative estimate of drug-likeness (QED) is 0.403. The Hall–Kier alpha value is -3.64. The van der Waals surface area contributed by atoms with E-state index in [-0.39, 0.29) is 30.5 Å². The molecule has 11 nitrogen and oxygen atoms in total. The van der Waals surface area contributed by atoms with Crippen molar-refractivity contribution in [1.82, 2.24) is 29.9 Å². The Morgan fingerprint density at radius 2 is 2.00 bits per heavy atom. The number of aromatic amines is 1. The second-order valence-corrected chi connectivity index (χ2v) is 11.4. The van der Waals surface area contributed by atoms with Crippen LogP contribution in [0.15, 0.2) is 53.9 Å². The zero-order valence-corrected chi connectivity index (χ0v) is 21.5. The van der Waals surface area contributed by atoms with Gasteiger partial charge in [0.25, 0.3) is 15.9 Å². The zero-order chi connectivity index (χ0) is 26.6. The molecule has 1 saturated heterocycles. The van der Waals surface area contributed by atoms with E-state index in [0.717, 1.165) is 9.82 Å². The first-order chi connectivity index (χ1) is 17.6. The van der Waals surface area contributed by atoms with Crippen molar-refractivity contribution in [3.63, 3.8) is 0 Å². The second kappa shape index (κ2) is 11.2. The zero-order valence-electron chi connectivity index (χ0n) is 20.7. The first-order valence-corrected chi connectivity index (χ1v) is 13.6. The molecule has 1 aliphatic rings. The van der Waals surface area contributed by atoms with Crippen LogP contribution < -0.4 is 10.6 Å². The average molecular weight is 527 g/mol. The van der Waals surface area contributed by atoms with Crippen molar-refractivity contribution in [3.05, 3.63) is 54.5 Å². The fourth-order valence-electron chi connectivity index (χ4n) is 4.28. The Kier molecular flexibility index (Phi) is 7.98. The van der Waals surface area contributed by atoms with Crippen LogP contribution in [0.1, 0.15) is 43.5 Å². The van der Waals surface area contributed by atoms with E-state index in [0.29, 0.717) is 23.9 Å². The molecule has 4 rings (SSSR count). The van der Waals surface area contributed by atoms with Crippen LogP contribution in [0.5, 0.6) is 0 Å². The van der Waals surface area contributed by atoms with E-state index in [1.54, 1.807) is 30.3 Å². The van der Waals surface area contributed by atoms with E-state index in [2.05, 4.69) is 25.6 Å². The van der Waals surface area contributed by atoms with Crippen LogP contribution in [-0.4, -0.2) is 70.4 Å². The molecule has 1 aliphatic heterocycles. The Morgan fingerprint density at radius 3 is 2.73 bits per heavy atom. The van der Waals surface area contributed by atoms with Gasteiger partial charge in [0.05, 0.1) is 29.9 Å². The normalized spacial score (nSPS) is 17.9. The van der Waals surface area contributed by atoms with Gasteiger partial charge in [0, 0.05) is 18.3 Å². The third kappa shape index (κ3) is 6.20. The number of hydrogen-bond acceptors (Lipinski definition) is 7. The van der Waals surface area contributed by atoms with Gasteiger partial charge in [-0.1, -0.05) is 19.9 Å². The predicted octanol–water partition coefficient (Wildman–Crippen LogP) is 1.64. The molecule has 0 bridgehead atoms. The topological polar surface area (TPSA) is 154 Å². The molecule has 196 valence electrons. The highest BCUT2D eigenvalue weighted by Gasteiger charge is 2.34. The molecule has 1 fully saturated rings. The van der Waals surface area contributed by atoms with Crippen LogP contribution in [0.4, 0.5) is 0 Å². The lowest BCUT2D eigenvalue weighted by Crippen LogP contribution is -2.52. The molecular formula is C25H30N6O5S. The first-order valence-electron chi connectivity index (χ1n) is 12.1. The number of hydrogen-bond donors (Lipinski definition) is 3. The molecule has 2 aromatic heterocycles. The number of H-pyrrole nitrogens is 1. The van der Waals surface area contributed by atoms with Gasteiger partial charge in [0.2, 0.25) is 5.91 Å². The number of fused-ring (bicyclic) bond motifs is 1. The number of Topliss-reactive ketones (excluding diaryl/α,β-unsaturated/α-hetero) is 1. The van der Waals surface area contributed by atoms with Gasteiger partial charge in [0.1, 0.15) is 6.04 Å². The molecule has 2 amide bonds. The van der Waals surface area contributed by atoms with Crippen LogP contribution in [0.2, 0.25) is 0 Å². The summed E-state index contributed by atoms with van der Waals surface area (Å²) in [5.41, 5.74) is 1.80. The fraction of sp³-hybridized carbons (Fsp3) is 0.400. The van der Waals surface area contributed by atoms with Crippen molar-refractivity contribution in [2.24, 2.45) is 5.92 Å². The summed E-state index contributed by atoms with van der Waals surface area (Å²) in [5.74, 6) is -1.22. The third-order valence-electron chi connectivity index (χ3n) is 6.19. The number of sulfonamides is 1. The van der Waals surface area contributed by atoms with Gasteiger partial charge in [-0.25, -0.2) is 18.4 Å². The van der Waals surface area contributed by atoms with Crippen molar-refractivity contribution >= 4 is 38.7 Å². The van der Waals surface area contributed by atoms with Crippen LogP contribution in [0.25, 0.3) is 11.0 Å². The van der Waals surface area contributed by atoms with Crippen LogP contribution in [0, 0.1) is 5.92 Å². The van der Waals surface area contributed by atoms with Gasteiger partial charge in [-0.05, 0) is 55.5 Å². The maximum atomic E-state index is 13.2. The molecule has 0 radical (unpaired) electrons. The van der Waals surface area contributed by atoms with Gasteiger partial charge in [-0.3, -0.25) is 14.4 Å². The summed E-state index contributed by atoms with van der Waals surface area (Å²) in [4.78, 5) is 50.1. The van der Waals surface area contributed by atoms with Gasteiger partial charge in [-0.15, -0.1) is 0 Å². The van der Waals surface area contributed by atoms with Crippen LogP contribution >= 0.6 is 0 Å². The predicted molar refractivity (Wildman–Crippen MR) is 136 cm³/mol. The molecule has 3 N–H and O–H groups in total. The SMILES string of the molecule is CC(C)C[C@H](NC(=O)c1ccc2nc[nH]c2c1)C(=O)NC1CCCN(S(=O)(=O)c2ccccn2)CC1=O. The Bertz CT molecular complexity index is 1390. The fourth-order valence-corrected chi connectivity index (χ4v) is 5.66. The van der Waals surface area contributed by atoms with Crippen molar-refractivity contribution < 1.29 is 22.8 Å². The lowest BCUT2D eigenvalue weighted by Gasteiger charge is -2.23. The molecule has 3 heterocycles. The van der Waals surface area contributed by atoms with E-state index in [1.807, 2.05) is 13.8 Å². The Balaban J connectivity index is 1.44. The third-order valence-corrected chi connectivity index (χ3v) is 7.95. The van der Waals surface area contributed by atoms with Crippen molar-refractivity contribution in [2.45, 2.75) is 50.2 Å². The first kappa shape index (κ1) is 26.4. The molecule has 12 heteroatoms. The number of nitrogens with zero attached hydrogens (tertiary/aromatic N) is 3. The van der Waals surface area contributed by atoms with E-state index >= 15 is 0 Å². The molecule has 0 saturated carbocycles. The van der Waals surface area contributed by atoms with Crippen LogP contribution in [-0.2, 0) is 19.6 Å². The van der Waals surface area contributed by atoms with E-state index in [1.165, 1.54) is 18.6 Å². The van der Waals surface area contributed by atoms with Gasteiger partial charge >= 0.3 is 0 Å². The number of benzene rings is 1.